The van der Waals surface area contributed by atoms with E-state index in [0.717, 1.165) is 17.0 Å². The van der Waals surface area contributed by atoms with Gasteiger partial charge in [0, 0.05) is 24.8 Å². The third kappa shape index (κ3) is 3.46. The Morgan fingerprint density at radius 2 is 2.13 bits per heavy atom. The minimum Gasteiger partial charge on any atom is -0.506 e. The summed E-state index contributed by atoms with van der Waals surface area (Å²) in [7, 11) is 1.65. The predicted octanol–water partition coefficient (Wildman–Crippen LogP) is 2.41. The summed E-state index contributed by atoms with van der Waals surface area (Å²) in [6.07, 6.45) is 0.290. The van der Waals surface area contributed by atoms with Gasteiger partial charge in [-0.05, 0) is 43.2 Å². The van der Waals surface area contributed by atoms with Gasteiger partial charge in [0.15, 0.2) is 0 Å². The van der Waals surface area contributed by atoms with Crippen LogP contribution in [0.2, 0.25) is 0 Å². The number of β-amino-alcohol motifs (C(OH)–C–C–N with tert-alkyl or cyclic N) is 1. The molecule has 3 rings (SSSR count). The van der Waals surface area contributed by atoms with Crippen molar-refractivity contribution in [2.75, 3.05) is 13.7 Å². The van der Waals surface area contributed by atoms with Crippen molar-refractivity contribution in [1.82, 2.24) is 9.88 Å². The number of aliphatic hydroxyl groups is 1. The van der Waals surface area contributed by atoms with Gasteiger partial charge >= 0.3 is 0 Å². The number of aromatic hydroxyl groups is 1. The summed E-state index contributed by atoms with van der Waals surface area (Å²) in [4.78, 5) is 6.58. The van der Waals surface area contributed by atoms with E-state index < -0.39 is 0 Å². The Kier molecular flexibility index (Phi) is 4.50. The van der Waals surface area contributed by atoms with Crippen molar-refractivity contribution in [3.63, 3.8) is 0 Å². The van der Waals surface area contributed by atoms with E-state index >= 15 is 0 Å². The monoisotopic (exact) mass is 314 g/mol. The molecule has 23 heavy (non-hydrogen) atoms. The van der Waals surface area contributed by atoms with Crippen molar-refractivity contribution in [2.24, 2.45) is 0 Å². The number of ether oxygens (including phenoxy) is 1. The average molecular weight is 314 g/mol. The Balaban J connectivity index is 1.86. The van der Waals surface area contributed by atoms with Gasteiger partial charge in [0.25, 0.3) is 0 Å². The lowest BCUT2D eigenvalue weighted by molar-refractivity contribution is 0.171. The van der Waals surface area contributed by atoms with E-state index in [1.54, 1.807) is 19.2 Å². The molecular weight excluding hydrogens is 292 g/mol. The fraction of sp³-hybridized carbons (Fsp3) is 0.389. The van der Waals surface area contributed by atoms with Crippen molar-refractivity contribution >= 4 is 0 Å². The van der Waals surface area contributed by atoms with E-state index in [4.69, 9.17) is 4.74 Å². The maximum Gasteiger partial charge on any atom is 0.138 e. The van der Waals surface area contributed by atoms with Crippen molar-refractivity contribution in [3.05, 3.63) is 53.3 Å². The highest BCUT2D eigenvalue weighted by atomic mass is 16.5. The van der Waals surface area contributed by atoms with E-state index in [-0.39, 0.29) is 17.9 Å². The Morgan fingerprint density at radius 1 is 1.30 bits per heavy atom. The van der Waals surface area contributed by atoms with Crippen LogP contribution in [0, 0.1) is 6.92 Å². The third-order valence-electron chi connectivity index (χ3n) is 4.30. The zero-order valence-electron chi connectivity index (χ0n) is 13.4. The zero-order chi connectivity index (χ0) is 16.4. The standard InChI is InChI=1S/C18H22N2O3/c1-12-6-7-18(22)16(19-12)11-20-10-14(21)9-17(20)13-4-3-5-15(8-13)23-2/h3-8,14,17,21-22H,9-11H2,1-2H3/t14-,17-/m0/s1. The first kappa shape index (κ1) is 15.8. The quantitative estimate of drug-likeness (QED) is 0.907. The smallest absolute Gasteiger partial charge is 0.138 e. The van der Waals surface area contributed by atoms with E-state index in [9.17, 15) is 10.2 Å². The van der Waals surface area contributed by atoms with Crippen LogP contribution in [0.1, 0.15) is 29.4 Å². The molecule has 5 heteroatoms. The zero-order valence-corrected chi connectivity index (χ0v) is 13.4. The molecule has 0 amide bonds. The summed E-state index contributed by atoms with van der Waals surface area (Å²) in [6.45, 7) is 2.98. The minimum atomic E-state index is -0.377. The minimum absolute atomic E-state index is 0.0850. The van der Waals surface area contributed by atoms with Gasteiger partial charge in [0.1, 0.15) is 11.5 Å². The van der Waals surface area contributed by atoms with Gasteiger partial charge in [-0.3, -0.25) is 9.88 Å². The average Bonchev–Trinajstić information content (AvgIpc) is 2.91. The molecule has 2 aromatic rings. The first-order valence-corrected chi connectivity index (χ1v) is 7.78. The highest BCUT2D eigenvalue weighted by molar-refractivity contribution is 5.32. The molecule has 0 radical (unpaired) electrons. The van der Waals surface area contributed by atoms with Crippen molar-refractivity contribution in [1.29, 1.82) is 0 Å². The molecule has 2 atom stereocenters. The van der Waals surface area contributed by atoms with Crippen LogP contribution in [0.3, 0.4) is 0 Å². The summed E-state index contributed by atoms with van der Waals surface area (Å²) in [5, 5.41) is 20.1. The maximum atomic E-state index is 10.1. The molecule has 2 N–H and O–H groups in total. The second-order valence-electron chi connectivity index (χ2n) is 6.03. The number of aliphatic hydroxyl groups excluding tert-OH is 1. The Labute approximate surface area is 136 Å². The molecule has 0 unspecified atom stereocenters. The van der Waals surface area contributed by atoms with Crippen LogP contribution < -0.4 is 4.74 Å². The second kappa shape index (κ2) is 6.56. The molecule has 0 bridgehead atoms. The number of nitrogens with zero attached hydrogens (tertiary/aromatic N) is 2. The van der Waals surface area contributed by atoms with Crippen LogP contribution >= 0.6 is 0 Å². The molecule has 1 saturated heterocycles. The molecule has 1 aliphatic rings. The highest BCUT2D eigenvalue weighted by Gasteiger charge is 2.32. The van der Waals surface area contributed by atoms with Crippen LogP contribution in [0.15, 0.2) is 36.4 Å². The fourth-order valence-corrected chi connectivity index (χ4v) is 3.16. The molecule has 5 nitrogen and oxygen atoms in total. The van der Waals surface area contributed by atoms with Crippen molar-refractivity contribution < 1.29 is 14.9 Å². The lowest BCUT2D eigenvalue weighted by atomic mass is 10.0. The van der Waals surface area contributed by atoms with Gasteiger partial charge in [0.2, 0.25) is 0 Å². The second-order valence-corrected chi connectivity index (χ2v) is 6.03. The molecular formula is C18H22N2O3. The molecule has 1 aromatic carbocycles. The number of hydrogen-bond donors (Lipinski definition) is 2. The molecule has 0 spiro atoms. The van der Waals surface area contributed by atoms with Gasteiger partial charge in [-0.2, -0.15) is 0 Å². The highest BCUT2D eigenvalue weighted by Crippen LogP contribution is 2.35. The van der Waals surface area contributed by atoms with E-state index in [0.29, 0.717) is 25.2 Å². The molecule has 122 valence electrons. The summed E-state index contributed by atoms with van der Waals surface area (Å²) in [5.41, 5.74) is 2.62. The van der Waals surface area contributed by atoms with E-state index in [2.05, 4.69) is 9.88 Å². The molecule has 1 aromatic heterocycles. The van der Waals surface area contributed by atoms with Crippen LogP contribution in [0.4, 0.5) is 0 Å². The summed E-state index contributed by atoms with van der Waals surface area (Å²) in [6, 6.07) is 11.5. The summed E-state index contributed by atoms with van der Waals surface area (Å²) < 4.78 is 5.30. The van der Waals surface area contributed by atoms with Crippen LogP contribution in [0.5, 0.6) is 11.5 Å². The third-order valence-corrected chi connectivity index (χ3v) is 4.30. The van der Waals surface area contributed by atoms with Gasteiger partial charge in [-0.25, -0.2) is 0 Å². The lowest BCUT2D eigenvalue weighted by Crippen LogP contribution is -2.25. The number of rotatable bonds is 4. The number of aromatic nitrogens is 1. The molecule has 0 aliphatic carbocycles. The van der Waals surface area contributed by atoms with Crippen molar-refractivity contribution in [2.45, 2.75) is 32.0 Å². The molecule has 1 aliphatic heterocycles. The summed E-state index contributed by atoms with van der Waals surface area (Å²) in [5.74, 6) is 1.00. The van der Waals surface area contributed by atoms with Crippen LogP contribution in [-0.2, 0) is 6.54 Å². The van der Waals surface area contributed by atoms with Crippen LogP contribution in [-0.4, -0.2) is 39.9 Å². The normalized spacial score (nSPS) is 21.5. The van der Waals surface area contributed by atoms with Gasteiger partial charge in [-0.1, -0.05) is 12.1 Å². The molecule has 1 fully saturated rings. The number of pyridine rings is 1. The van der Waals surface area contributed by atoms with Gasteiger partial charge in [0.05, 0.1) is 18.9 Å². The number of likely N-dealkylation sites (tertiary alicyclic amines) is 1. The maximum absolute atomic E-state index is 10.1. The number of benzene rings is 1. The van der Waals surface area contributed by atoms with Crippen LogP contribution in [0.25, 0.3) is 0 Å². The Morgan fingerprint density at radius 3 is 2.91 bits per heavy atom. The number of aryl methyl sites for hydroxylation is 1. The molecule has 0 saturated carbocycles. The number of hydrogen-bond acceptors (Lipinski definition) is 5. The first-order valence-electron chi connectivity index (χ1n) is 7.78. The topological polar surface area (TPSA) is 65.8 Å². The molecule has 2 heterocycles. The first-order chi connectivity index (χ1) is 11.1. The van der Waals surface area contributed by atoms with Crippen molar-refractivity contribution in [3.8, 4) is 11.5 Å². The van der Waals surface area contributed by atoms with Gasteiger partial charge < -0.3 is 14.9 Å². The van der Waals surface area contributed by atoms with Gasteiger partial charge in [-0.15, -0.1) is 0 Å². The largest absolute Gasteiger partial charge is 0.506 e. The fourth-order valence-electron chi connectivity index (χ4n) is 3.16. The van der Waals surface area contributed by atoms with E-state index in [1.807, 2.05) is 31.2 Å². The number of methoxy groups -OCH3 is 1. The SMILES string of the molecule is COc1cccc([C@@H]2C[C@H](O)CN2Cc2nc(C)ccc2O)c1. The Bertz CT molecular complexity index is 690. The van der Waals surface area contributed by atoms with E-state index in [1.165, 1.54) is 0 Å². The lowest BCUT2D eigenvalue weighted by Gasteiger charge is -2.24. The Hall–Kier alpha value is -2.11. The predicted molar refractivity (Wildman–Crippen MR) is 87.4 cm³/mol. The summed E-state index contributed by atoms with van der Waals surface area (Å²) >= 11 is 0.